The highest BCUT2D eigenvalue weighted by Crippen LogP contribution is 2.16. The van der Waals surface area contributed by atoms with Gasteiger partial charge in [0.25, 0.3) is 10.0 Å². The van der Waals surface area contributed by atoms with E-state index >= 15 is 0 Å². The monoisotopic (exact) mass is 364 g/mol. The molecule has 2 aromatic carbocycles. The molecule has 0 atom stereocenters. The molecule has 0 bridgehead atoms. The first-order valence-corrected chi connectivity index (χ1v) is 9.34. The van der Waals surface area contributed by atoms with E-state index in [0.717, 1.165) is 0 Å². The number of sulfonamides is 1. The molecule has 0 aromatic heterocycles. The number of amidine groups is 1. The number of carbonyl (C=O) groups is 1. The van der Waals surface area contributed by atoms with Gasteiger partial charge in [-0.3, -0.25) is 4.79 Å². The van der Waals surface area contributed by atoms with E-state index in [1.165, 1.54) is 24.3 Å². The quantitative estimate of drug-likeness (QED) is 0.476. The highest BCUT2D eigenvalue weighted by Gasteiger charge is 2.16. The number of aliphatic imine (C=N–C) groups is 1. The lowest BCUT2D eigenvalue weighted by Crippen LogP contribution is -2.11. The summed E-state index contributed by atoms with van der Waals surface area (Å²) < 4.78 is 29.2. The van der Waals surface area contributed by atoms with Crippen molar-refractivity contribution in [3.05, 3.63) is 90.0 Å². The second kappa shape index (κ2) is 7.41. The van der Waals surface area contributed by atoms with E-state index in [0.29, 0.717) is 16.8 Å². The molecule has 26 heavy (non-hydrogen) atoms. The number of benzene rings is 2. The Morgan fingerprint density at radius 3 is 2.12 bits per heavy atom. The van der Waals surface area contributed by atoms with Gasteiger partial charge in [0.1, 0.15) is 0 Å². The minimum Gasteiger partial charge on any atom is -0.290 e. The first-order valence-electron chi connectivity index (χ1n) is 7.90. The predicted octanol–water partition coefficient (Wildman–Crippen LogP) is 3.35. The number of ketones is 1. The van der Waals surface area contributed by atoms with E-state index in [9.17, 15) is 13.2 Å². The Labute approximate surface area is 152 Å². The Balaban J connectivity index is 2.13. The van der Waals surface area contributed by atoms with Gasteiger partial charge >= 0.3 is 0 Å². The zero-order chi connectivity index (χ0) is 18.6. The maximum atomic E-state index is 12.6. The average Bonchev–Trinajstić information content (AvgIpc) is 2.64. The Kier molecular flexibility index (Phi) is 5.04. The first-order chi connectivity index (χ1) is 12.5. The Hall–Kier alpha value is -3.12. The number of allylic oxidation sites excluding steroid dienone is 4. The zero-order valence-corrected chi connectivity index (χ0v) is 14.8. The normalized spacial score (nSPS) is 16.7. The van der Waals surface area contributed by atoms with Crippen LogP contribution in [0.1, 0.15) is 12.5 Å². The summed E-state index contributed by atoms with van der Waals surface area (Å²) in [6.07, 6.45) is 4.40. The number of carbonyl (C=O) groups excluding carboxylic acids is 1. The van der Waals surface area contributed by atoms with E-state index in [-0.39, 0.29) is 16.5 Å². The van der Waals surface area contributed by atoms with Crippen LogP contribution in [0.15, 0.2) is 98.8 Å². The molecule has 0 aliphatic heterocycles. The lowest BCUT2D eigenvalue weighted by Gasteiger charge is -2.08. The van der Waals surface area contributed by atoms with Gasteiger partial charge in [-0.15, -0.1) is 4.40 Å². The van der Waals surface area contributed by atoms with Crippen LogP contribution < -0.4 is 0 Å². The van der Waals surface area contributed by atoms with Crippen molar-refractivity contribution in [3.63, 3.8) is 0 Å². The number of hydrogen-bond donors (Lipinski definition) is 0. The lowest BCUT2D eigenvalue weighted by atomic mass is 10.0. The molecule has 0 saturated heterocycles. The fourth-order valence-electron chi connectivity index (χ4n) is 2.35. The Morgan fingerprint density at radius 2 is 1.50 bits per heavy atom. The van der Waals surface area contributed by atoms with E-state index < -0.39 is 10.0 Å². The molecule has 1 aliphatic rings. The van der Waals surface area contributed by atoms with Crippen molar-refractivity contribution in [3.8, 4) is 0 Å². The van der Waals surface area contributed by atoms with E-state index in [1.807, 2.05) is 6.07 Å². The summed E-state index contributed by atoms with van der Waals surface area (Å²) in [5.41, 5.74) is 1.71. The predicted molar refractivity (Wildman–Crippen MR) is 102 cm³/mol. The van der Waals surface area contributed by atoms with Crippen molar-refractivity contribution in [2.75, 3.05) is 0 Å². The molecular weight excluding hydrogens is 348 g/mol. The molecule has 1 aliphatic carbocycles. The van der Waals surface area contributed by atoms with Gasteiger partial charge in [-0.1, -0.05) is 48.5 Å². The summed E-state index contributed by atoms with van der Waals surface area (Å²) >= 11 is 0. The maximum absolute atomic E-state index is 12.6. The fraction of sp³-hybridized carbons (Fsp3) is 0.0500. The van der Waals surface area contributed by atoms with Crippen LogP contribution in [-0.2, 0) is 14.8 Å². The van der Waals surface area contributed by atoms with Crippen molar-refractivity contribution in [2.24, 2.45) is 9.39 Å². The Morgan fingerprint density at radius 1 is 0.885 bits per heavy atom. The van der Waals surface area contributed by atoms with Crippen LogP contribution in [0, 0.1) is 0 Å². The van der Waals surface area contributed by atoms with Crippen molar-refractivity contribution in [2.45, 2.75) is 11.8 Å². The summed E-state index contributed by atoms with van der Waals surface area (Å²) in [5, 5.41) is 0. The van der Waals surface area contributed by atoms with Gasteiger partial charge in [-0.2, -0.15) is 8.42 Å². The molecule has 0 fully saturated rings. The van der Waals surface area contributed by atoms with Gasteiger partial charge in [0, 0.05) is 5.56 Å². The highest BCUT2D eigenvalue weighted by atomic mass is 32.2. The third-order valence-corrected chi connectivity index (χ3v) is 4.96. The summed E-state index contributed by atoms with van der Waals surface area (Å²) in [5.74, 6) is -0.0623. The summed E-state index contributed by atoms with van der Waals surface area (Å²) in [6, 6.07) is 16.8. The van der Waals surface area contributed by atoms with Gasteiger partial charge in [0.2, 0.25) is 0 Å². The minimum absolute atomic E-state index is 0.0659. The topological polar surface area (TPSA) is 75.9 Å². The fourth-order valence-corrected chi connectivity index (χ4v) is 3.33. The smallest absolute Gasteiger partial charge is 0.284 e. The Bertz CT molecular complexity index is 1050. The van der Waals surface area contributed by atoms with Crippen molar-refractivity contribution >= 4 is 27.4 Å². The van der Waals surface area contributed by atoms with E-state index in [1.54, 1.807) is 55.5 Å². The second-order valence-electron chi connectivity index (χ2n) is 5.63. The second-order valence-corrected chi connectivity index (χ2v) is 7.23. The zero-order valence-electron chi connectivity index (χ0n) is 14.0. The van der Waals surface area contributed by atoms with Crippen molar-refractivity contribution in [1.29, 1.82) is 0 Å². The maximum Gasteiger partial charge on any atom is 0.284 e. The largest absolute Gasteiger partial charge is 0.290 e. The van der Waals surface area contributed by atoms with E-state index in [2.05, 4.69) is 9.39 Å². The summed E-state index contributed by atoms with van der Waals surface area (Å²) in [7, 11) is -3.92. The van der Waals surface area contributed by atoms with Crippen LogP contribution in [0.3, 0.4) is 0 Å². The molecule has 0 radical (unpaired) electrons. The molecule has 0 heterocycles. The van der Waals surface area contributed by atoms with Gasteiger partial charge in [-0.25, -0.2) is 4.99 Å². The summed E-state index contributed by atoms with van der Waals surface area (Å²) in [4.78, 5) is 15.9. The molecule has 3 rings (SSSR count). The van der Waals surface area contributed by atoms with Gasteiger partial charge in [0.05, 0.1) is 10.6 Å². The number of hydrogen-bond acceptors (Lipinski definition) is 3. The van der Waals surface area contributed by atoms with Crippen LogP contribution >= 0.6 is 0 Å². The van der Waals surface area contributed by atoms with Gasteiger partial charge in [0.15, 0.2) is 11.6 Å². The molecular formula is C20H16N2O3S. The van der Waals surface area contributed by atoms with E-state index in [4.69, 9.17) is 0 Å². The summed E-state index contributed by atoms with van der Waals surface area (Å²) in [6.45, 7) is 1.74. The molecule has 6 heteroatoms. The van der Waals surface area contributed by atoms with Gasteiger partial charge < -0.3 is 0 Å². The molecule has 0 unspecified atom stereocenters. The molecule has 2 aromatic rings. The van der Waals surface area contributed by atoms with Crippen LogP contribution in [0.5, 0.6) is 0 Å². The van der Waals surface area contributed by atoms with Gasteiger partial charge in [-0.05, 0) is 42.9 Å². The molecule has 5 nitrogen and oxygen atoms in total. The molecule has 0 amide bonds. The minimum atomic E-state index is -3.92. The average molecular weight is 364 g/mol. The highest BCUT2D eigenvalue weighted by molar-refractivity contribution is 7.90. The SMILES string of the molecule is CC1=CC(=O)C=CC1=NC(=NS(=O)(=O)c1ccccc1)c1ccccc1. The van der Waals surface area contributed by atoms with Crippen LogP contribution in [-0.4, -0.2) is 25.7 Å². The first kappa shape index (κ1) is 17.7. The molecule has 0 N–H and O–H groups in total. The third kappa shape index (κ3) is 4.10. The number of rotatable bonds is 3. The number of nitrogens with zero attached hydrogens (tertiary/aromatic N) is 2. The molecule has 0 spiro atoms. The van der Waals surface area contributed by atoms with Crippen LogP contribution in [0.2, 0.25) is 0 Å². The lowest BCUT2D eigenvalue weighted by molar-refractivity contribution is -0.110. The van der Waals surface area contributed by atoms with Crippen molar-refractivity contribution < 1.29 is 13.2 Å². The van der Waals surface area contributed by atoms with Crippen LogP contribution in [0.25, 0.3) is 0 Å². The third-order valence-electron chi connectivity index (χ3n) is 3.67. The van der Waals surface area contributed by atoms with Crippen LogP contribution in [0.4, 0.5) is 0 Å². The molecule has 130 valence electrons. The standard InChI is InChI=1S/C20H16N2O3S/c1-15-14-17(23)12-13-19(15)21-20(16-8-4-2-5-9-16)22-26(24,25)18-10-6-3-7-11-18/h2-14H,1H3. The molecule has 0 saturated carbocycles. The van der Waals surface area contributed by atoms with Crippen molar-refractivity contribution in [1.82, 2.24) is 0 Å².